The van der Waals surface area contributed by atoms with Crippen LogP contribution in [0.2, 0.25) is 0 Å². The summed E-state index contributed by atoms with van der Waals surface area (Å²) < 4.78 is 41.9. The first-order valence-electron chi connectivity index (χ1n) is 4.77. The predicted molar refractivity (Wildman–Crippen MR) is 51.0 cm³/mol. The first kappa shape index (κ1) is 11.8. The first-order chi connectivity index (χ1) is 7.48. The highest BCUT2D eigenvalue weighted by atomic mass is 32.1. The highest BCUT2D eigenvalue weighted by molar-refractivity contribution is 7.11. The molecule has 0 radical (unpaired) electrons. The van der Waals surface area contributed by atoms with Crippen molar-refractivity contribution in [3.05, 3.63) is 16.1 Å². The van der Waals surface area contributed by atoms with Crippen LogP contribution in [0, 0.1) is 5.92 Å². The number of aliphatic hydroxyl groups is 1. The van der Waals surface area contributed by atoms with Crippen LogP contribution in [0.1, 0.15) is 22.4 Å². The van der Waals surface area contributed by atoms with Gasteiger partial charge < -0.3 is 9.84 Å². The zero-order chi connectivity index (χ0) is 11.8. The van der Waals surface area contributed by atoms with Gasteiger partial charge in [0, 0.05) is 18.7 Å². The van der Waals surface area contributed by atoms with Gasteiger partial charge in [-0.25, -0.2) is 4.98 Å². The summed E-state index contributed by atoms with van der Waals surface area (Å²) in [7, 11) is 0. The Hall–Kier alpha value is -0.660. The van der Waals surface area contributed by atoms with Crippen LogP contribution in [-0.4, -0.2) is 23.3 Å². The van der Waals surface area contributed by atoms with Crippen LogP contribution < -0.4 is 0 Å². The molecule has 0 spiro atoms. The van der Waals surface area contributed by atoms with Gasteiger partial charge in [-0.15, -0.1) is 11.3 Å². The van der Waals surface area contributed by atoms with Gasteiger partial charge in [0.2, 0.25) is 0 Å². The average Bonchev–Trinajstić information content (AvgIpc) is 2.87. The lowest BCUT2D eigenvalue weighted by Gasteiger charge is -2.13. The predicted octanol–water partition coefficient (Wildman–Crippen LogP) is 2.23. The molecule has 2 rings (SSSR count). The summed E-state index contributed by atoms with van der Waals surface area (Å²) in [5.41, 5.74) is 0. The quantitative estimate of drug-likeness (QED) is 0.878. The maximum absolute atomic E-state index is 12.3. The topological polar surface area (TPSA) is 42.4 Å². The molecule has 16 heavy (non-hydrogen) atoms. The van der Waals surface area contributed by atoms with Gasteiger partial charge >= 0.3 is 6.18 Å². The smallest absolute Gasteiger partial charge is 0.387 e. The van der Waals surface area contributed by atoms with E-state index in [9.17, 15) is 18.3 Å². The minimum Gasteiger partial charge on any atom is -0.387 e. The normalized spacial score (nSPS) is 23.6. The molecule has 1 saturated heterocycles. The second kappa shape index (κ2) is 4.31. The van der Waals surface area contributed by atoms with Gasteiger partial charge in [-0.1, -0.05) is 0 Å². The second-order valence-electron chi connectivity index (χ2n) is 3.63. The second-order valence-corrected chi connectivity index (χ2v) is 4.70. The molecule has 90 valence electrons. The average molecular weight is 253 g/mol. The van der Waals surface area contributed by atoms with Crippen LogP contribution >= 0.6 is 11.3 Å². The van der Waals surface area contributed by atoms with Crippen molar-refractivity contribution >= 4 is 11.3 Å². The van der Waals surface area contributed by atoms with E-state index in [4.69, 9.17) is 4.74 Å². The minimum atomic E-state index is -4.44. The summed E-state index contributed by atoms with van der Waals surface area (Å²) in [6.45, 7) is 0.938. The van der Waals surface area contributed by atoms with E-state index >= 15 is 0 Å². The lowest BCUT2D eigenvalue weighted by Crippen LogP contribution is -2.11. The molecule has 0 aromatic carbocycles. The fraction of sp³-hybridized carbons (Fsp3) is 0.667. The molecule has 1 aromatic rings. The van der Waals surface area contributed by atoms with E-state index in [1.165, 1.54) is 0 Å². The Kier molecular flexibility index (Phi) is 3.18. The van der Waals surface area contributed by atoms with Crippen molar-refractivity contribution in [3.8, 4) is 0 Å². The number of ether oxygens (including phenoxy) is 1. The third-order valence-corrected chi connectivity index (χ3v) is 3.58. The van der Waals surface area contributed by atoms with E-state index in [-0.39, 0.29) is 10.8 Å². The van der Waals surface area contributed by atoms with Gasteiger partial charge in [0.25, 0.3) is 0 Å². The third kappa shape index (κ3) is 2.36. The number of thiazole rings is 1. The lowest BCUT2D eigenvalue weighted by atomic mass is 10.0. The van der Waals surface area contributed by atoms with Crippen molar-refractivity contribution in [2.75, 3.05) is 13.2 Å². The van der Waals surface area contributed by atoms with Crippen LogP contribution in [0.5, 0.6) is 0 Å². The van der Waals surface area contributed by atoms with Crippen molar-refractivity contribution in [2.45, 2.75) is 18.7 Å². The Morgan fingerprint density at radius 2 is 2.31 bits per heavy atom. The third-order valence-electron chi connectivity index (χ3n) is 2.47. The van der Waals surface area contributed by atoms with Gasteiger partial charge in [-0.3, -0.25) is 0 Å². The molecule has 0 aliphatic carbocycles. The van der Waals surface area contributed by atoms with Crippen LogP contribution in [0.25, 0.3) is 0 Å². The summed E-state index contributed by atoms with van der Waals surface area (Å²) in [6.07, 6.45) is -3.58. The Bertz CT molecular complexity index is 360. The molecular weight excluding hydrogens is 243 g/mol. The van der Waals surface area contributed by atoms with Crippen LogP contribution in [0.3, 0.4) is 0 Å². The van der Waals surface area contributed by atoms with E-state index in [0.29, 0.717) is 31.0 Å². The monoisotopic (exact) mass is 253 g/mol. The molecule has 7 heteroatoms. The van der Waals surface area contributed by atoms with Crippen molar-refractivity contribution in [3.63, 3.8) is 0 Å². The molecule has 1 N–H and O–H groups in total. The Morgan fingerprint density at radius 1 is 1.56 bits per heavy atom. The zero-order valence-electron chi connectivity index (χ0n) is 8.20. The van der Waals surface area contributed by atoms with Gasteiger partial charge in [0.15, 0.2) is 5.01 Å². The largest absolute Gasteiger partial charge is 0.443 e. The van der Waals surface area contributed by atoms with E-state index < -0.39 is 17.3 Å². The number of aromatic nitrogens is 1. The van der Waals surface area contributed by atoms with Crippen LogP contribution in [-0.2, 0) is 10.9 Å². The molecule has 3 nitrogen and oxygen atoms in total. The molecular formula is C9H10F3NO2S. The molecule has 2 heterocycles. The van der Waals surface area contributed by atoms with Crippen molar-refractivity contribution in [1.82, 2.24) is 4.98 Å². The van der Waals surface area contributed by atoms with E-state index in [2.05, 4.69) is 4.98 Å². The lowest BCUT2D eigenvalue weighted by molar-refractivity contribution is -0.137. The van der Waals surface area contributed by atoms with Gasteiger partial charge in [-0.05, 0) is 6.42 Å². The molecule has 0 bridgehead atoms. The van der Waals surface area contributed by atoms with Gasteiger partial charge in [0.05, 0.1) is 17.6 Å². The summed E-state index contributed by atoms with van der Waals surface area (Å²) in [5, 5.41) is 8.91. The Balaban J connectivity index is 2.12. The molecule has 1 aliphatic heterocycles. The van der Waals surface area contributed by atoms with Gasteiger partial charge in [0.1, 0.15) is 0 Å². The van der Waals surface area contributed by atoms with Crippen molar-refractivity contribution < 1.29 is 23.0 Å². The molecule has 0 saturated carbocycles. The molecule has 1 aliphatic rings. The molecule has 2 atom stereocenters. The standard InChI is InChI=1S/C9H10F3NO2S/c10-9(11,12)8-13-3-6(16-8)7(14)5-1-2-15-4-5/h3,5,7,14H,1-2,4H2. The van der Waals surface area contributed by atoms with Crippen molar-refractivity contribution in [2.24, 2.45) is 5.92 Å². The summed E-state index contributed by atoms with van der Waals surface area (Å²) in [6, 6.07) is 0. The highest BCUT2D eigenvalue weighted by Crippen LogP contribution is 2.37. The summed E-state index contributed by atoms with van der Waals surface area (Å²) >= 11 is 0.493. The van der Waals surface area contributed by atoms with E-state index in [1.54, 1.807) is 0 Å². The SMILES string of the molecule is OC(c1cnc(C(F)(F)F)s1)C1CCOC1. The minimum absolute atomic E-state index is 0.124. The fourth-order valence-electron chi connectivity index (χ4n) is 1.59. The zero-order valence-corrected chi connectivity index (χ0v) is 9.01. The van der Waals surface area contributed by atoms with Crippen molar-refractivity contribution in [1.29, 1.82) is 0 Å². The number of alkyl halides is 3. The fourth-order valence-corrected chi connectivity index (χ4v) is 2.45. The van der Waals surface area contributed by atoms with E-state index in [1.807, 2.05) is 0 Å². The van der Waals surface area contributed by atoms with E-state index in [0.717, 1.165) is 6.20 Å². The van der Waals surface area contributed by atoms with Crippen LogP contribution in [0.15, 0.2) is 6.20 Å². The first-order valence-corrected chi connectivity index (χ1v) is 5.59. The number of hydrogen-bond acceptors (Lipinski definition) is 4. The summed E-state index contributed by atoms with van der Waals surface area (Å²) in [5.74, 6) is -0.124. The summed E-state index contributed by atoms with van der Waals surface area (Å²) in [4.78, 5) is 3.53. The molecule has 0 amide bonds. The number of halogens is 3. The number of hydrogen-bond donors (Lipinski definition) is 1. The van der Waals surface area contributed by atoms with Gasteiger partial charge in [-0.2, -0.15) is 13.2 Å². The number of nitrogens with zero attached hydrogens (tertiary/aromatic N) is 1. The van der Waals surface area contributed by atoms with Crippen LogP contribution in [0.4, 0.5) is 13.2 Å². The highest BCUT2D eigenvalue weighted by Gasteiger charge is 2.36. The number of rotatable bonds is 2. The maximum Gasteiger partial charge on any atom is 0.443 e. The molecule has 1 aromatic heterocycles. The Labute approximate surface area is 93.9 Å². The molecule has 1 fully saturated rings. The maximum atomic E-state index is 12.3. The Morgan fingerprint density at radius 3 is 2.81 bits per heavy atom. The number of aliphatic hydroxyl groups excluding tert-OH is 1. The molecule has 2 unspecified atom stereocenters.